The zero-order valence-electron chi connectivity index (χ0n) is 16.6. The molecule has 1 N–H and O–H groups in total. The molecular formula is C23H30N2O2. The predicted octanol–water partition coefficient (Wildman–Crippen LogP) is 4.64. The molecule has 4 nitrogen and oxygen atoms in total. The van der Waals surface area contributed by atoms with Gasteiger partial charge in [0.25, 0.3) is 5.91 Å². The maximum Gasteiger partial charge on any atom is 0.263 e. The molecule has 2 aromatic rings. The Morgan fingerprint density at radius 2 is 1.52 bits per heavy atom. The Bertz CT molecular complexity index is 745. The standard InChI is InChI=1S/C23H30N2O2/c1-4-24-22(26)23(2,3)27-21-14-10-19(11-15-21)18-8-12-20(13-9-18)25-16-6-5-7-17-25/h8-15H,4-7,16-17H2,1-3H3,(H,24,26). The topological polar surface area (TPSA) is 41.6 Å². The average molecular weight is 367 g/mol. The lowest BCUT2D eigenvalue weighted by molar-refractivity contribution is -0.134. The fourth-order valence-corrected chi connectivity index (χ4v) is 3.45. The van der Waals surface area contributed by atoms with Gasteiger partial charge in [0.2, 0.25) is 0 Å². The van der Waals surface area contributed by atoms with Gasteiger partial charge in [-0.15, -0.1) is 0 Å². The number of carbonyl (C=O) groups is 1. The normalized spacial score (nSPS) is 14.7. The van der Waals surface area contributed by atoms with E-state index in [4.69, 9.17) is 4.74 Å². The van der Waals surface area contributed by atoms with Gasteiger partial charge in [0.05, 0.1) is 0 Å². The summed E-state index contributed by atoms with van der Waals surface area (Å²) in [5.74, 6) is 0.585. The molecule has 0 spiro atoms. The summed E-state index contributed by atoms with van der Waals surface area (Å²) >= 11 is 0. The van der Waals surface area contributed by atoms with E-state index in [0.717, 1.165) is 18.7 Å². The summed E-state index contributed by atoms with van der Waals surface area (Å²) in [6, 6.07) is 16.7. The smallest absolute Gasteiger partial charge is 0.263 e. The first kappa shape index (κ1) is 19.3. The molecule has 1 aliphatic rings. The second kappa shape index (κ2) is 8.47. The molecule has 2 aromatic carbocycles. The van der Waals surface area contributed by atoms with Gasteiger partial charge >= 0.3 is 0 Å². The van der Waals surface area contributed by atoms with Crippen LogP contribution in [0.2, 0.25) is 0 Å². The number of hydrogen-bond acceptors (Lipinski definition) is 3. The highest BCUT2D eigenvalue weighted by molar-refractivity contribution is 5.84. The third kappa shape index (κ3) is 4.82. The number of nitrogens with one attached hydrogen (secondary N) is 1. The average Bonchev–Trinajstić information content (AvgIpc) is 2.69. The number of amides is 1. The van der Waals surface area contributed by atoms with Crippen LogP contribution in [0.25, 0.3) is 11.1 Å². The van der Waals surface area contributed by atoms with Crippen molar-refractivity contribution in [3.8, 4) is 16.9 Å². The molecule has 27 heavy (non-hydrogen) atoms. The molecule has 1 fully saturated rings. The Kier molecular flexibility index (Phi) is 6.04. The first-order valence-electron chi connectivity index (χ1n) is 9.92. The van der Waals surface area contributed by atoms with Crippen LogP contribution >= 0.6 is 0 Å². The molecule has 3 rings (SSSR count). The van der Waals surface area contributed by atoms with E-state index in [1.807, 2.05) is 31.2 Å². The number of anilines is 1. The quantitative estimate of drug-likeness (QED) is 0.810. The molecule has 144 valence electrons. The molecule has 0 aromatic heterocycles. The summed E-state index contributed by atoms with van der Waals surface area (Å²) in [7, 11) is 0. The van der Waals surface area contributed by atoms with Crippen LogP contribution in [-0.4, -0.2) is 31.1 Å². The summed E-state index contributed by atoms with van der Waals surface area (Å²) in [4.78, 5) is 14.5. The molecule has 0 aliphatic carbocycles. The monoisotopic (exact) mass is 366 g/mol. The third-order valence-electron chi connectivity index (χ3n) is 5.03. The second-order valence-electron chi connectivity index (χ2n) is 7.59. The van der Waals surface area contributed by atoms with Gasteiger partial charge in [-0.3, -0.25) is 4.79 Å². The fourth-order valence-electron chi connectivity index (χ4n) is 3.45. The number of rotatable bonds is 6. The second-order valence-corrected chi connectivity index (χ2v) is 7.59. The summed E-state index contributed by atoms with van der Waals surface area (Å²) in [6.07, 6.45) is 3.92. The Labute approximate surface area is 162 Å². The summed E-state index contributed by atoms with van der Waals surface area (Å²) < 4.78 is 5.89. The van der Waals surface area contributed by atoms with Gasteiger partial charge in [-0.05, 0) is 75.4 Å². The Morgan fingerprint density at radius 1 is 0.963 bits per heavy atom. The maximum absolute atomic E-state index is 12.1. The van der Waals surface area contributed by atoms with E-state index in [1.165, 1.54) is 30.5 Å². The van der Waals surface area contributed by atoms with E-state index in [1.54, 1.807) is 13.8 Å². The van der Waals surface area contributed by atoms with E-state index >= 15 is 0 Å². The van der Waals surface area contributed by atoms with Crippen molar-refractivity contribution in [2.45, 2.75) is 45.6 Å². The first-order chi connectivity index (χ1) is 13.0. The zero-order valence-corrected chi connectivity index (χ0v) is 16.6. The van der Waals surface area contributed by atoms with Gasteiger partial charge in [-0.2, -0.15) is 0 Å². The van der Waals surface area contributed by atoms with Gasteiger partial charge in [-0.25, -0.2) is 0 Å². The molecule has 0 unspecified atom stereocenters. The van der Waals surface area contributed by atoms with Crippen molar-refractivity contribution in [1.82, 2.24) is 5.32 Å². The van der Waals surface area contributed by atoms with E-state index in [-0.39, 0.29) is 5.91 Å². The summed E-state index contributed by atoms with van der Waals surface area (Å²) in [5.41, 5.74) is 2.74. The van der Waals surface area contributed by atoms with Crippen LogP contribution < -0.4 is 15.0 Å². The first-order valence-corrected chi connectivity index (χ1v) is 9.92. The molecule has 0 radical (unpaired) electrons. The van der Waals surface area contributed by atoms with Crippen LogP contribution in [0.5, 0.6) is 5.75 Å². The lowest BCUT2D eigenvalue weighted by Gasteiger charge is -2.28. The summed E-state index contributed by atoms with van der Waals surface area (Å²) in [5, 5.41) is 2.81. The summed E-state index contributed by atoms with van der Waals surface area (Å²) in [6.45, 7) is 8.38. The highest BCUT2D eigenvalue weighted by atomic mass is 16.5. The highest BCUT2D eigenvalue weighted by Crippen LogP contribution is 2.27. The maximum atomic E-state index is 12.1. The van der Waals surface area contributed by atoms with Crippen molar-refractivity contribution < 1.29 is 9.53 Å². The third-order valence-corrected chi connectivity index (χ3v) is 5.03. The van der Waals surface area contributed by atoms with E-state index in [2.05, 4.69) is 34.5 Å². The minimum atomic E-state index is -0.895. The van der Waals surface area contributed by atoms with E-state index in [9.17, 15) is 4.79 Å². The lowest BCUT2D eigenvalue weighted by atomic mass is 10.0. The molecule has 0 saturated carbocycles. The van der Waals surface area contributed by atoms with Crippen LogP contribution in [-0.2, 0) is 4.79 Å². The number of ether oxygens (including phenoxy) is 1. The molecular weight excluding hydrogens is 336 g/mol. The Balaban J connectivity index is 1.67. The van der Waals surface area contributed by atoms with Gasteiger partial charge in [0, 0.05) is 25.3 Å². The van der Waals surface area contributed by atoms with E-state index in [0.29, 0.717) is 12.3 Å². The van der Waals surface area contributed by atoms with Crippen molar-refractivity contribution >= 4 is 11.6 Å². The zero-order chi connectivity index (χ0) is 19.3. The van der Waals surface area contributed by atoms with Crippen LogP contribution in [0, 0.1) is 0 Å². The highest BCUT2D eigenvalue weighted by Gasteiger charge is 2.29. The Morgan fingerprint density at radius 3 is 2.07 bits per heavy atom. The van der Waals surface area contributed by atoms with Crippen LogP contribution in [0.4, 0.5) is 5.69 Å². The van der Waals surface area contributed by atoms with Crippen molar-refractivity contribution in [1.29, 1.82) is 0 Å². The number of nitrogens with zero attached hydrogens (tertiary/aromatic N) is 1. The van der Waals surface area contributed by atoms with Crippen molar-refractivity contribution in [2.24, 2.45) is 0 Å². The minimum Gasteiger partial charge on any atom is -0.478 e. The predicted molar refractivity (Wildman–Crippen MR) is 111 cm³/mol. The van der Waals surface area contributed by atoms with Crippen molar-refractivity contribution in [2.75, 3.05) is 24.5 Å². The SMILES string of the molecule is CCNC(=O)C(C)(C)Oc1ccc(-c2ccc(N3CCCCC3)cc2)cc1. The molecule has 4 heteroatoms. The van der Waals surface area contributed by atoms with Crippen molar-refractivity contribution in [3.05, 3.63) is 48.5 Å². The van der Waals surface area contributed by atoms with Gasteiger partial charge < -0.3 is 15.0 Å². The molecule has 1 aliphatic heterocycles. The fraction of sp³-hybridized carbons (Fsp3) is 0.435. The number of carbonyl (C=O) groups excluding carboxylic acids is 1. The van der Waals surface area contributed by atoms with Crippen LogP contribution in [0.15, 0.2) is 48.5 Å². The minimum absolute atomic E-state index is 0.109. The molecule has 0 atom stereocenters. The number of hydrogen-bond donors (Lipinski definition) is 1. The number of likely N-dealkylation sites (N-methyl/N-ethyl adjacent to an activating group) is 1. The van der Waals surface area contributed by atoms with Crippen LogP contribution in [0.1, 0.15) is 40.0 Å². The van der Waals surface area contributed by atoms with Gasteiger partial charge in [0.1, 0.15) is 5.75 Å². The number of benzene rings is 2. The largest absolute Gasteiger partial charge is 0.478 e. The molecule has 1 saturated heterocycles. The molecule has 1 amide bonds. The van der Waals surface area contributed by atoms with Gasteiger partial charge in [-0.1, -0.05) is 24.3 Å². The van der Waals surface area contributed by atoms with Crippen LogP contribution in [0.3, 0.4) is 0 Å². The number of piperidine rings is 1. The lowest BCUT2D eigenvalue weighted by Crippen LogP contribution is -2.46. The van der Waals surface area contributed by atoms with Crippen molar-refractivity contribution in [3.63, 3.8) is 0 Å². The molecule has 0 bridgehead atoms. The van der Waals surface area contributed by atoms with Gasteiger partial charge in [0.15, 0.2) is 5.60 Å². The molecule has 1 heterocycles. The Hall–Kier alpha value is -2.49. The van der Waals surface area contributed by atoms with E-state index < -0.39 is 5.60 Å².